The van der Waals surface area contributed by atoms with E-state index in [4.69, 9.17) is 10.4 Å². The number of carboxylic acid groups (broad SMARTS) is 1. The van der Waals surface area contributed by atoms with Crippen LogP contribution in [0.3, 0.4) is 0 Å². The van der Waals surface area contributed by atoms with Gasteiger partial charge >= 0.3 is 5.97 Å². The molecular weight excluding hydrogens is 268 g/mol. The van der Waals surface area contributed by atoms with E-state index >= 15 is 0 Å². The maximum atomic E-state index is 12.1. The molecule has 6 nitrogen and oxygen atoms in total. The Morgan fingerprint density at radius 3 is 2.26 bits per heavy atom. The molecule has 2 N–H and O–H groups in total. The number of nitriles is 1. The van der Waals surface area contributed by atoms with Crippen molar-refractivity contribution in [3.05, 3.63) is 29.8 Å². The first-order valence-corrected chi connectivity index (χ1v) is 7.15. The van der Waals surface area contributed by atoms with Gasteiger partial charge in [0.15, 0.2) is 0 Å². The molecule has 0 spiro atoms. The van der Waals surface area contributed by atoms with Gasteiger partial charge in [-0.15, -0.1) is 0 Å². The topological polar surface area (TPSA) is 107 Å². The lowest BCUT2D eigenvalue weighted by Crippen LogP contribution is -2.58. The first-order chi connectivity index (χ1) is 8.89. The van der Waals surface area contributed by atoms with Gasteiger partial charge in [0, 0.05) is 0 Å². The van der Waals surface area contributed by atoms with Crippen molar-refractivity contribution in [1.82, 2.24) is 4.72 Å². The predicted octanol–water partition coefficient (Wildman–Crippen LogP) is 0.844. The molecule has 7 heteroatoms. The second-order valence-corrected chi connectivity index (χ2v) is 6.16. The third-order valence-corrected chi connectivity index (χ3v) is 4.79. The summed E-state index contributed by atoms with van der Waals surface area (Å²) in [5.74, 6) is -1.16. The molecule has 1 aromatic rings. The van der Waals surface area contributed by atoms with Crippen LogP contribution in [0.5, 0.6) is 0 Å². The molecule has 1 aliphatic rings. The molecule has 0 unspecified atom stereocenters. The molecule has 0 radical (unpaired) electrons. The van der Waals surface area contributed by atoms with Crippen LogP contribution in [0, 0.1) is 11.3 Å². The SMILES string of the molecule is N#Cc1ccc(S(=O)(=O)NC2(C(=O)O)CCC2)cc1. The fourth-order valence-corrected chi connectivity index (χ4v) is 3.33. The van der Waals surface area contributed by atoms with E-state index in [0.29, 0.717) is 12.0 Å². The number of benzene rings is 1. The third kappa shape index (κ3) is 2.45. The lowest BCUT2D eigenvalue weighted by atomic mass is 9.78. The summed E-state index contributed by atoms with van der Waals surface area (Å²) < 4.78 is 26.4. The molecule has 0 bridgehead atoms. The van der Waals surface area contributed by atoms with Crippen LogP contribution in [-0.4, -0.2) is 25.0 Å². The van der Waals surface area contributed by atoms with Crippen LogP contribution in [0.4, 0.5) is 0 Å². The number of carboxylic acids is 1. The first-order valence-electron chi connectivity index (χ1n) is 5.67. The Morgan fingerprint density at radius 1 is 1.32 bits per heavy atom. The monoisotopic (exact) mass is 280 g/mol. The van der Waals surface area contributed by atoms with E-state index < -0.39 is 21.5 Å². The second kappa shape index (κ2) is 4.64. The first kappa shape index (κ1) is 13.5. The number of aliphatic carboxylic acids is 1. The van der Waals surface area contributed by atoms with E-state index in [-0.39, 0.29) is 17.7 Å². The minimum Gasteiger partial charge on any atom is -0.480 e. The molecule has 0 aromatic heterocycles. The molecule has 0 aliphatic heterocycles. The second-order valence-electron chi connectivity index (χ2n) is 4.48. The van der Waals surface area contributed by atoms with Crippen molar-refractivity contribution < 1.29 is 18.3 Å². The number of rotatable bonds is 4. The molecule has 1 aliphatic carbocycles. The van der Waals surface area contributed by atoms with E-state index in [1.54, 1.807) is 0 Å². The van der Waals surface area contributed by atoms with Gasteiger partial charge in [-0.2, -0.15) is 9.98 Å². The Kier molecular flexibility index (Phi) is 3.30. The summed E-state index contributed by atoms with van der Waals surface area (Å²) in [7, 11) is -3.89. The summed E-state index contributed by atoms with van der Waals surface area (Å²) in [6.07, 6.45) is 1.26. The molecule has 100 valence electrons. The highest BCUT2D eigenvalue weighted by Gasteiger charge is 2.47. The van der Waals surface area contributed by atoms with Crippen LogP contribution >= 0.6 is 0 Å². The van der Waals surface area contributed by atoms with Crippen LogP contribution < -0.4 is 4.72 Å². The largest absolute Gasteiger partial charge is 0.480 e. The summed E-state index contributed by atoms with van der Waals surface area (Å²) in [6, 6.07) is 7.21. The Balaban J connectivity index is 2.27. The molecule has 0 saturated heterocycles. The lowest BCUT2D eigenvalue weighted by molar-refractivity contribution is -0.147. The Hall–Kier alpha value is -1.91. The number of nitrogens with one attached hydrogen (secondary N) is 1. The van der Waals surface area contributed by atoms with E-state index in [1.807, 2.05) is 6.07 Å². The summed E-state index contributed by atoms with van der Waals surface area (Å²) in [5.41, 5.74) is -1.04. The van der Waals surface area contributed by atoms with Crippen LogP contribution in [0.2, 0.25) is 0 Å². The van der Waals surface area contributed by atoms with E-state index in [2.05, 4.69) is 4.72 Å². The standard InChI is InChI=1S/C12H12N2O4S/c13-8-9-2-4-10(5-3-9)19(17,18)14-12(11(15)16)6-1-7-12/h2-5,14H,1,6-7H2,(H,15,16). The quantitative estimate of drug-likeness (QED) is 0.850. The molecular formula is C12H12N2O4S. The highest BCUT2D eigenvalue weighted by molar-refractivity contribution is 7.89. The minimum absolute atomic E-state index is 0.0426. The molecule has 19 heavy (non-hydrogen) atoms. The van der Waals surface area contributed by atoms with Crippen LogP contribution in [-0.2, 0) is 14.8 Å². The van der Waals surface area contributed by atoms with Gasteiger partial charge in [-0.25, -0.2) is 8.42 Å². The molecule has 0 heterocycles. The van der Waals surface area contributed by atoms with Crippen LogP contribution in [0.15, 0.2) is 29.2 Å². The van der Waals surface area contributed by atoms with Gasteiger partial charge in [0.2, 0.25) is 10.0 Å². The van der Waals surface area contributed by atoms with Crippen molar-refractivity contribution in [3.63, 3.8) is 0 Å². The normalized spacial score (nSPS) is 17.2. The van der Waals surface area contributed by atoms with Gasteiger partial charge in [-0.3, -0.25) is 4.79 Å². The zero-order chi connectivity index (χ0) is 14.1. The fraction of sp³-hybridized carbons (Fsp3) is 0.333. The van der Waals surface area contributed by atoms with Crippen LogP contribution in [0.25, 0.3) is 0 Å². The summed E-state index contributed by atoms with van der Waals surface area (Å²) in [5, 5.41) is 17.8. The summed E-state index contributed by atoms with van der Waals surface area (Å²) >= 11 is 0. The molecule has 2 rings (SSSR count). The van der Waals surface area contributed by atoms with Crippen molar-refractivity contribution in [2.75, 3.05) is 0 Å². The van der Waals surface area contributed by atoms with Gasteiger partial charge in [0.05, 0.1) is 16.5 Å². The van der Waals surface area contributed by atoms with E-state index in [9.17, 15) is 13.2 Å². The third-order valence-electron chi connectivity index (χ3n) is 3.24. The van der Waals surface area contributed by atoms with E-state index in [1.165, 1.54) is 24.3 Å². The molecule has 0 amide bonds. The van der Waals surface area contributed by atoms with Gasteiger partial charge in [-0.1, -0.05) is 0 Å². The van der Waals surface area contributed by atoms with Gasteiger partial charge < -0.3 is 5.11 Å². The van der Waals surface area contributed by atoms with Crippen molar-refractivity contribution in [1.29, 1.82) is 5.26 Å². The maximum absolute atomic E-state index is 12.1. The van der Waals surface area contributed by atoms with E-state index in [0.717, 1.165) is 0 Å². The zero-order valence-electron chi connectivity index (χ0n) is 9.96. The summed E-state index contributed by atoms with van der Waals surface area (Å²) in [4.78, 5) is 11.1. The maximum Gasteiger partial charge on any atom is 0.324 e. The zero-order valence-corrected chi connectivity index (χ0v) is 10.8. The highest BCUT2D eigenvalue weighted by atomic mass is 32.2. The number of sulfonamides is 1. The van der Waals surface area contributed by atoms with Crippen molar-refractivity contribution in [3.8, 4) is 6.07 Å². The van der Waals surface area contributed by atoms with Crippen molar-refractivity contribution in [2.24, 2.45) is 0 Å². The average Bonchev–Trinajstić information content (AvgIpc) is 2.33. The molecule has 1 saturated carbocycles. The van der Waals surface area contributed by atoms with Crippen molar-refractivity contribution >= 4 is 16.0 Å². The fourth-order valence-electron chi connectivity index (χ4n) is 1.91. The molecule has 1 aromatic carbocycles. The number of hydrogen-bond acceptors (Lipinski definition) is 4. The Bertz CT molecular complexity index is 639. The van der Waals surface area contributed by atoms with Gasteiger partial charge in [0.1, 0.15) is 5.54 Å². The van der Waals surface area contributed by atoms with Crippen LogP contribution in [0.1, 0.15) is 24.8 Å². The average molecular weight is 280 g/mol. The van der Waals surface area contributed by atoms with Crippen molar-refractivity contribution in [2.45, 2.75) is 29.7 Å². The lowest BCUT2D eigenvalue weighted by Gasteiger charge is -2.37. The number of hydrogen-bond donors (Lipinski definition) is 2. The number of carbonyl (C=O) groups is 1. The molecule has 1 fully saturated rings. The predicted molar refractivity (Wildman–Crippen MR) is 65.7 cm³/mol. The van der Waals surface area contributed by atoms with Gasteiger partial charge in [0.25, 0.3) is 0 Å². The Labute approximate surface area is 110 Å². The minimum atomic E-state index is -3.89. The Morgan fingerprint density at radius 2 is 1.89 bits per heavy atom. The summed E-state index contributed by atoms with van der Waals surface area (Å²) in [6.45, 7) is 0. The highest BCUT2D eigenvalue weighted by Crippen LogP contribution is 2.33. The smallest absolute Gasteiger partial charge is 0.324 e. The molecule has 0 atom stereocenters. The number of nitrogens with zero attached hydrogens (tertiary/aromatic N) is 1. The van der Waals surface area contributed by atoms with Gasteiger partial charge in [-0.05, 0) is 43.5 Å².